The Balaban J connectivity index is 1.99. The van der Waals surface area contributed by atoms with E-state index in [1.54, 1.807) is 11.3 Å². The first-order valence-corrected chi connectivity index (χ1v) is 7.67. The van der Waals surface area contributed by atoms with Crippen LogP contribution in [0.5, 0.6) is 0 Å². The number of nitrogen functional groups attached to an aromatic ring is 1. The van der Waals surface area contributed by atoms with Gasteiger partial charge in [-0.1, -0.05) is 6.92 Å². The topological polar surface area (TPSA) is 75.9 Å². The number of hydrazine groups is 1. The van der Waals surface area contributed by atoms with E-state index in [1.807, 2.05) is 13.8 Å². The van der Waals surface area contributed by atoms with Gasteiger partial charge in [-0.05, 0) is 42.0 Å². The molecule has 0 aliphatic heterocycles. The maximum absolute atomic E-state index is 5.53. The summed E-state index contributed by atoms with van der Waals surface area (Å²) in [6, 6.07) is 8.40. The molecular weight excluding hydrogens is 282 g/mol. The smallest absolute Gasteiger partial charge is 0.148 e. The first kappa shape index (κ1) is 13.8. The molecule has 4 N–H and O–H groups in total. The number of hydrogen-bond acceptors (Lipinski definition) is 6. The third-order valence-corrected chi connectivity index (χ3v) is 4.26. The number of thiophene rings is 1. The zero-order valence-corrected chi connectivity index (χ0v) is 12.8. The van der Waals surface area contributed by atoms with E-state index in [9.17, 15) is 0 Å². The minimum atomic E-state index is 0.654. The molecule has 0 unspecified atom stereocenters. The number of hydrogen-bond donors (Lipinski definition) is 3. The van der Waals surface area contributed by atoms with E-state index in [1.165, 1.54) is 10.1 Å². The molecule has 0 saturated heterocycles. The van der Waals surface area contributed by atoms with E-state index in [-0.39, 0.29) is 0 Å². The van der Waals surface area contributed by atoms with Gasteiger partial charge in [0.25, 0.3) is 0 Å². The van der Waals surface area contributed by atoms with Gasteiger partial charge in [0.1, 0.15) is 17.5 Å². The van der Waals surface area contributed by atoms with E-state index in [2.05, 4.69) is 50.4 Å². The Labute approximate surface area is 127 Å². The van der Waals surface area contributed by atoms with Gasteiger partial charge in [-0.15, -0.1) is 11.3 Å². The van der Waals surface area contributed by atoms with Crippen molar-refractivity contribution < 1.29 is 0 Å². The Hall–Kier alpha value is -2.18. The third-order valence-electron chi connectivity index (χ3n) is 3.36. The van der Waals surface area contributed by atoms with E-state index in [0.29, 0.717) is 5.82 Å². The second kappa shape index (κ2) is 5.67. The summed E-state index contributed by atoms with van der Waals surface area (Å²) in [4.78, 5) is 8.91. The van der Waals surface area contributed by atoms with Crippen molar-refractivity contribution in [3.63, 3.8) is 0 Å². The van der Waals surface area contributed by atoms with Crippen LogP contribution in [-0.2, 0) is 6.42 Å². The summed E-state index contributed by atoms with van der Waals surface area (Å²) in [6.45, 7) is 3.96. The van der Waals surface area contributed by atoms with Gasteiger partial charge >= 0.3 is 0 Å². The highest BCUT2D eigenvalue weighted by molar-refractivity contribution is 7.17. The minimum Gasteiger partial charge on any atom is -0.340 e. The van der Waals surface area contributed by atoms with E-state index in [4.69, 9.17) is 5.84 Å². The number of anilines is 3. The van der Waals surface area contributed by atoms with Crippen LogP contribution in [0.15, 0.2) is 29.6 Å². The molecule has 21 heavy (non-hydrogen) atoms. The van der Waals surface area contributed by atoms with Crippen LogP contribution >= 0.6 is 11.3 Å². The van der Waals surface area contributed by atoms with Crippen molar-refractivity contribution in [2.24, 2.45) is 5.84 Å². The van der Waals surface area contributed by atoms with Gasteiger partial charge in [0.2, 0.25) is 0 Å². The molecule has 5 nitrogen and oxygen atoms in total. The number of nitrogens with one attached hydrogen (secondary N) is 2. The lowest BCUT2D eigenvalue weighted by Gasteiger charge is -2.13. The normalized spacial score (nSPS) is 10.8. The predicted octanol–water partition coefficient (Wildman–Crippen LogP) is 3.59. The molecule has 0 radical (unpaired) electrons. The Bertz CT molecular complexity index is 781. The van der Waals surface area contributed by atoms with Crippen molar-refractivity contribution in [1.29, 1.82) is 0 Å². The summed E-state index contributed by atoms with van der Waals surface area (Å²) < 4.78 is 1.28. The lowest BCUT2D eigenvalue weighted by molar-refractivity contribution is 0.932. The molecule has 3 aromatic rings. The highest BCUT2D eigenvalue weighted by atomic mass is 32.1. The Morgan fingerprint density at radius 2 is 2.00 bits per heavy atom. The van der Waals surface area contributed by atoms with Crippen LogP contribution in [-0.4, -0.2) is 9.97 Å². The Morgan fingerprint density at radius 3 is 2.76 bits per heavy atom. The molecule has 0 spiro atoms. The quantitative estimate of drug-likeness (QED) is 0.507. The number of fused-ring (bicyclic) bond motifs is 1. The van der Waals surface area contributed by atoms with Gasteiger partial charge in [0.15, 0.2) is 0 Å². The Morgan fingerprint density at radius 1 is 1.19 bits per heavy atom. The van der Waals surface area contributed by atoms with Gasteiger partial charge in [0.05, 0.1) is 0 Å². The molecule has 0 amide bonds. The van der Waals surface area contributed by atoms with Crippen LogP contribution in [0.4, 0.5) is 17.3 Å². The summed E-state index contributed by atoms with van der Waals surface area (Å²) in [6.07, 6.45) is 0.757. The number of aromatic nitrogens is 2. The number of nitrogens with two attached hydrogens (primary N) is 1. The lowest BCUT2D eigenvalue weighted by Crippen LogP contribution is -2.13. The summed E-state index contributed by atoms with van der Waals surface area (Å²) in [5.41, 5.74) is 4.54. The fourth-order valence-corrected chi connectivity index (χ4v) is 2.94. The summed E-state index contributed by atoms with van der Waals surface area (Å²) in [5, 5.41) is 6.68. The molecule has 2 heterocycles. The zero-order valence-electron chi connectivity index (χ0n) is 12.0. The van der Waals surface area contributed by atoms with E-state index in [0.717, 1.165) is 29.3 Å². The summed E-state index contributed by atoms with van der Waals surface area (Å²) in [5.74, 6) is 7.72. The van der Waals surface area contributed by atoms with Crippen LogP contribution in [0.3, 0.4) is 0 Å². The maximum Gasteiger partial charge on any atom is 0.148 e. The largest absolute Gasteiger partial charge is 0.340 e. The number of rotatable bonds is 4. The molecule has 0 aliphatic rings. The number of aryl methyl sites for hydroxylation is 1. The lowest BCUT2D eigenvalue weighted by atomic mass is 10.2. The molecule has 0 aliphatic carbocycles. The van der Waals surface area contributed by atoms with Gasteiger partial charge in [-0.25, -0.2) is 15.8 Å². The molecule has 1 aromatic carbocycles. The zero-order chi connectivity index (χ0) is 14.8. The van der Waals surface area contributed by atoms with Crippen molar-refractivity contribution in [3.05, 3.63) is 41.0 Å². The van der Waals surface area contributed by atoms with Gasteiger partial charge in [0, 0.05) is 22.4 Å². The molecular formula is C15H17N5S. The monoisotopic (exact) mass is 299 g/mol. The standard InChI is InChI=1S/C15H17N5S/c1-3-13-18-14(9(2)15(19-13)20-16)17-11-4-5-12-10(8-11)6-7-21-12/h4-8H,3,16H2,1-2H3,(H2,17,18,19,20). The maximum atomic E-state index is 5.53. The van der Waals surface area contributed by atoms with Crippen molar-refractivity contribution in [3.8, 4) is 0 Å². The fraction of sp³-hybridized carbons (Fsp3) is 0.200. The second-order valence-corrected chi connectivity index (χ2v) is 5.71. The highest BCUT2D eigenvalue weighted by Crippen LogP contribution is 2.27. The van der Waals surface area contributed by atoms with Crippen LogP contribution in [0.2, 0.25) is 0 Å². The molecule has 2 aromatic heterocycles. The molecule has 3 rings (SSSR count). The van der Waals surface area contributed by atoms with Gasteiger partial charge in [-0.3, -0.25) is 0 Å². The first-order valence-electron chi connectivity index (χ1n) is 6.79. The van der Waals surface area contributed by atoms with Gasteiger partial charge < -0.3 is 10.7 Å². The molecule has 6 heteroatoms. The van der Waals surface area contributed by atoms with E-state index < -0.39 is 0 Å². The Kier molecular flexibility index (Phi) is 3.72. The summed E-state index contributed by atoms with van der Waals surface area (Å²) >= 11 is 1.74. The van der Waals surface area contributed by atoms with Crippen molar-refractivity contribution >= 4 is 38.7 Å². The second-order valence-electron chi connectivity index (χ2n) is 4.76. The molecule has 108 valence electrons. The van der Waals surface area contributed by atoms with Crippen molar-refractivity contribution in [1.82, 2.24) is 9.97 Å². The average molecular weight is 299 g/mol. The molecule has 0 bridgehead atoms. The summed E-state index contributed by atoms with van der Waals surface area (Å²) in [7, 11) is 0. The highest BCUT2D eigenvalue weighted by Gasteiger charge is 2.10. The third kappa shape index (κ3) is 2.68. The minimum absolute atomic E-state index is 0.654. The fourth-order valence-electron chi connectivity index (χ4n) is 2.16. The molecule has 0 saturated carbocycles. The van der Waals surface area contributed by atoms with E-state index >= 15 is 0 Å². The SMILES string of the molecule is CCc1nc(NN)c(C)c(Nc2ccc3sccc3c2)n1. The first-order chi connectivity index (χ1) is 10.2. The van der Waals surface area contributed by atoms with Crippen molar-refractivity contribution in [2.45, 2.75) is 20.3 Å². The van der Waals surface area contributed by atoms with Crippen LogP contribution in [0.1, 0.15) is 18.3 Å². The van der Waals surface area contributed by atoms with Crippen molar-refractivity contribution in [2.75, 3.05) is 10.7 Å². The van der Waals surface area contributed by atoms with Gasteiger partial charge in [-0.2, -0.15) is 0 Å². The van der Waals surface area contributed by atoms with Crippen LogP contribution < -0.4 is 16.6 Å². The molecule has 0 fully saturated rings. The molecule has 0 atom stereocenters. The predicted molar refractivity (Wildman–Crippen MR) is 89.1 cm³/mol. The average Bonchev–Trinajstić information content (AvgIpc) is 2.97. The van der Waals surface area contributed by atoms with Crippen LogP contribution in [0.25, 0.3) is 10.1 Å². The number of nitrogens with zero attached hydrogens (tertiary/aromatic N) is 2. The number of benzene rings is 1. The van der Waals surface area contributed by atoms with Crippen LogP contribution in [0, 0.1) is 6.92 Å².